The van der Waals surface area contributed by atoms with E-state index in [-0.39, 0.29) is 44.4 Å². The number of unbranched alkanes of at least 4 members (excludes halogenated alkanes) is 1. The Morgan fingerprint density at radius 2 is 1.77 bits per heavy atom. The van der Waals surface area contributed by atoms with Crippen molar-refractivity contribution in [2.45, 2.75) is 44.8 Å². The van der Waals surface area contributed by atoms with Gasteiger partial charge in [-0.25, -0.2) is 14.8 Å². The summed E-state index contributed by atoms with van der Waals surface area (Å²) in [6, 6.07) is 9.51. The van der Waals surface area contributed by atoms with Crippen LogP contribution in [0.3, 0.4) is 0 Å². The van der Waals surface area contributed by atoms with E-state index in [9.17, 15) is 28.7 Å². The Balaban J connectivity index is 1.52. The van der Waals surface area contributed by atoms with Crippen molar-refractivity contribution in [2.75, 3.05) is 64.0 Å². The smallest absolute Gasteiger partial charge is 0.409 e. The number of piperazine rings is 1. The van der Waals surface area contributed by atoms with Gasteiger partial charge in [-0.1, -0.05) is 43.7 Å². The second kappa shape index (κ2) is 15.4. The van der Waals surface area contributed by atoms with E-state index < -0.39 is 37.7 Å². The second-order valence-corrected chi connectivity index (χ2v) is 12.7. The average molecular weight is 633 g/mol. The van der Waals surface area contributed by atoms with Crippen molar-refractivity contribution < 1.29 is 38.2 Å². The number of hydrogen-bond acceptors (Lipinski definition) is 9. The molecule has 240 valence electrons. The fraction of sp³-hybridized carbons (Fsp3) is 0.552. The third-order valence-corrected chi connectivity index (χ3v) is 8.51. The number of carbonyl (C=O) groups is 3. The fourth-order valence-corrected chi connectivity index (χ4v) is 5.66. The van der Waals surface area contributed by atoms with Crippen LogP contribution >= 0.6 is 7.60 Å². The maximum atomic E-state index is 13.6. The van der Waals surface area contributed by atoms with Crippen LogP contribution in [-0.2, 0) is 18.8 Å². The molecular weight excluding hydrogens is 591 g/mol. The zero-order chi connectivity index (χ0) is 31.7. The number of anilines is 1. The van der Waals surface area contributed by atoms with E-state index in [0.29, 0.717) is 36.9 Å². The number of methoxy groups -OCH3 is 1. The van der Waals surface area contributed by atoms with Crippen LogP contribution in [-0.4, -0.2) is 119 Å². The van der Waals surface area contributed by atoms with Crippen molar-refractivity contribution in [3.05, 3.63) is 42.1 Å². The van der Waals surface area contributed by atoms with Gasteiger partial charge in [0.25, 0.3) is 5.91 Å². The summed E-state index contributed by atoms with van der Waals surface area (Å²) in [6.07, 6.45) is 1.16. The molecule has 4 rings (SSSR count). The maximum Gasteiger partial charge on any atom is 0.409 e. The first kappa shape index (κ1) is 33.3. The highest BCUT2D eigenvalue weighted by Crippen LogP contribution is 2.35. The average Bonchev–Trinajstić information content (AvgIpc) is 3.52. The summed E-state index contributed by atoms with van der Waals surface area (Å²) in [5.41, 5.74) is 0.717. The van der Waals surface area contributed by atoms with E-state index in [1.807, 2.05) is 42.2 Å². The largest absolute Gasteiger partial charge is 0.449 e. The highest BCUT2D eigenvalue weighted by atomic mass is 31.2. The van der Waals surface area contributed by atoms with E-state index >= 15 is 0 Å². The standard InChI is InChI=1S/C29H41N6O8P/c1-3-4-17-43-29(38)34-15-13-33(14-16-34)28(37)23(11-18-44(39,40)41)31-27(36)24-19-25(35-12-10-22(20-35)42-2)32-26(30-24)21-8-6-5-7-9-21/h5-9,19,22-23H,3-4,10-18,20H2,1-2H3,(H,31,36)(H2,39,40,41). The highest BCUT2D eigenvalue weighted by molar-refractivity contribution is 7.51. The van der Waals surface area contributed by atoms with Crippen LogP contribution < -0.4 is 10.2 Å². The normalized spacial score (nSPS) is 17.8. The van der Waals surface area contributed by atoms with Crippen molar-refractivity contribution in [3.8, 4) is 11.4 Å². The first-order valence-corrected chi connectivity index (χ1v) is 16.7. The van der Waals surface area contributed by atoms with E-state index in [2.05, 4.69) is 10.3 Å². The summed E-state index contributed by atoms with van der Waals surface area (Å²) in [5.74, 6) is -0.306. The molecule has 2 unspecified atom stereocenters. The summed E-state index contributed by atoms with van der Waals surface area (Å²) in [4.78, 5) is 72.8. The summed E-state index contributed by atoms with van der Waals surface area (Å²) in [5, 5.41) is 2.68. The lowest BCUT2D eigenvalue weighted by Gasteiger charge is -2.36. The van der Waals surface area contributed by atoms with E-state index in [1.165, 1.54) is 9.80 Å². The van der Waals surface area contributed by atoms with Gasteiger partial charge in [-0.3, -0.25) is 14.2 Å². The number of nitrogens with zero attached hydrogens (tertiary/aromatic N) is 5. The van der Waals surface area contributed by atoms with Gasteiger partial charge >= 0.3 is 13.7 Å². The van der Waals surface area contributed by atoms with Gasteiger partial charge in [0.2, 0.25) is 5.91 Å². The molecular formula is C29H41N6O8P. The number of hydrogen-bond donors (Lipinski definition) is 3. The van der Waals surface area contributed by atoms with Gasteiger partial charge in [0.15, 0.2) is 5.82 Å². The minimum absolute atomic E-state index is 0.0170. The Morgan fingerprint density at radius 3 is 2.41 bits per heavy atom. The van der Waals surface area contributed by atoms with Crippen molar-refractivity contribution in [3.63, 3.8) is 0 Å². The molecule has 15 heteroatoms. The molecule has 2 aliphatic heterocycles. The molecule has 2 aromatic rings. The fourth-order valence-electron chi connectivity index (χ4n) is 5.07. The number of rotatable bonds is 12. The molecule has 0 saturated carbocycles. The summed E-state index contributed by atoms with van der Waals surface area (Å²) in [7, 11) is -2.82. The molecule has 3 amide bonds. The molecule has 0 radical (unpaired) electrons. The minimum Gasteiger partial charge on any atom is -0.449 e. The molecule has 1 aromatic heterocycles. The third kappa shape index (κ3) is 9.21. The molecule has 3 N–H and O–H groups in total. The Bertz CT molecular complexity index is 1330. The molecule has 44 heavy (non-hydrogen) atoms. The lowest BCUT2D eigenvalue weighted by atomic mass is 10.1. The number of benzene rings is 1. The van der Waals surface area contributed by atoms with Crippen LogP contribution in [0.1, 0.15) is 43.1 Å². The monoisotopic (exact) mass is 632 g/mol. The Morgan fingerprint density at radius 1 is 1.07 bits per heavy atom. The van der Waals surface area contributed by atoms with Crippen LogP contribution in [0.25, 0.3) is 11.4 Å². The topological polar surface area (TPSA) is 175 Å². The van der Waals surface area contributed by atoms with E-state index in [0.717, 1.165) is 19.3 Å². The van der Waals surface area contributed by atoms with Crippen LogP contribution in [0.4, 0.5) is 10.6 Å². The van der Waals surface area contributed by atoms with Crippen molar-refractivity contribution in [1.29, 1.82) is 0 Å². The third-order valence-electron chi connectivity index (χ3n) is 7.67. The first-order valence-electron chi connectivity index (χ1n) is 14.9. The molecule has 2 aliphatic rings. The molecule has 1 aromatic carbocycles. The quantitative estimate of drug-likeness (QED) is 0.231. The molecule has 2 atom stereocenters. The van der Waals surface area contributed by atoms with Crippen LogP contribution in [0.5, 0.6) is 0 Å². The predicted molar refractivity (Wildman–Crippen MR) is 162 cm³/mol. The zero-order valence-corrected chi connectivity index (χ0v) is 26.0. The van der Waals surface area contributed by atoms with Gasteiger partial charge in [-0.15, -0.1) is 0 Å². The second-order valence-electron chi connectivity index (χ2n) is 10.9. The van der Waals surface area contributed by atoms with Crippen molar-refractivity contribution in [1.82, 2.24) is 25.1 Å². The van der Waals surface area contributed by atoms with Gasteiger partial charge < -0.3 is 39.3 Å². The van der Waals surface area contributed by atoms with E-state index in [1.54, 1.807) is 13.2 Å². The highest BCUT2D eigenvalue weighted by Gasteiger charge is 2.33. The molecule has 0 spiro atoms. The molecule has 14 nitrogen and oxygen atoms in total. The number of aromatic nitrogens is 2. The van der Waals surface area contributed by atoms with Crippen molar-refractivity contribution >= 4 is 31.3 Å². The number of amides is 3. The summed E-state index contributed by atoms with van der Waals surface area (Å²) >= 11 is 0. The molecule has 0 aliphatic carbocycles. The first-order chi connectivity index (χ1) is 21.1. The van der Waals surface area contributed by atoms with Crippen LogP contribution in [0, 0.1) is 0 Å². The lowest BCUT2D eigenvalue weighted by Crippen LogP contribution is -2.56. The van der Waals surface area contributed by atoms with Gasteiger partial charge in [-0.05, 0) is 19.3 Å². The molecule has 3 heterocycles. The number of ether oxygens (including phenoxy) is 2. The number of nitrogens with one attached hydrogen (secondary N) is 1. The van der Waals surface area contributed by atoms with Gasteiger partial charge in [-0.2, -0.15) is 0 Å². The molecule has 2 fully saturated rings. The van der Waals surface area contributed by atoms with Gasteiger partial charge in [0.1, 0.15) is 17.6 Å². The summed E-state index contributed by atoms with van der Waals surface area (Å²) < 4.78 is 22.5. The molecule has 2 saturated heterocycles. The SMILES string of the molecule is CCCCOC(=O)N1CCN(C(=O)C(CCP(=O)(O)O)NC(=O)c2cc(N3CCC(OC)C3)nc(-c3ccccc3)n2)CC1. The maximum absolute atomic E-state index is 13.6. The minimum atomic E-state index is -4.47. The van der Waals surface area contributed by atoms with Gasteiger partial charge in [0, 0.05) is 58.0 Å². The predicted octanol–water partition coefficient (Wildman–Crippen LogP) is 2.12. The molecule has 0 bridgehead atoms. The van der Waals surface area contributed by atoms with Crippen LogP contribution in [0.15, 0.2) is 36.4 Å². The van der Waals surface area contributed by atoms with Crippen LogP contribution in [0.2, 0.25) is 0 Å². The Labute approximate surface area is 256 Å². The van der Waals surface area contributed by atoms with E-state index in [4.69, 9.17) is 14.5 Å². The zero-order valence-electron chi connectivity index (χ0n) is 25.1. The number of carbonyl (C=O) groups excluding carboxylic acids is 3. The van der Waals surface area contributed by atoms with Gasteiger partial charge in [0.05, 0.1) is 18.9 Å². The Hall–Kier alpha value is -3.58. The van der Waals surface area contributed by atoms with Crippen molar-refractivity contribution in [2.24, 2.45) is 0 Å². The Kier molecular flexibility index (Phi) is 11.7. The lowest BCUT2D eigenvalue weighted by molar-refractivity contribution is -0.134. The summed E-state index contributed by atoms with van der Waals surface area (Å²) in [6.45, 7) is 4.44.